The number of carbonyl (C=O) groups is 1. The van der Waals surface area contributed by atoms with Crippen molar-refractivity contribution in [1.82, 2.24) is 5.32 Å². The smallest absolute Gasteiger partial charge is 0.323 e. The van der Waals surface area contributed by atoms with Crippen molar-refractivity contribution < 1.29 is 14.3 Å². The summed E-state index contributed by atoms with van der Waals surface area (Å²) < 4.78 is 11.2. The SMILES string of the molecule is CCOC(=O)C(CCOC1CCC(C)C(C)C1)NC1CC1. The molecule has 0 aromatic heterocycles. The van der Waals surface area contributed by atoms with E-state index in [4.69, 9.17) is 9.47 Å². The first-order valence-corrected chi connectivity index (χ1v) is 8.64. The Labute approximate surface area is 129 Å². The summed E-state index contributed by atoms with van der Waals surface area (Å²) in [4.78, 5) is 11.9. The monoisotopic (exact) mass is 297 g/mol. The third-order valence-corrected chi connectivity index (χ3v) is 4.90. The molecule has 122 valence electrons. The summed E-state index contributed by atoms with van der Waals surface area (Å²) in [5, 5.41) is 3.37. The molecule has 0 aliphatic heterocycles. The molecule has 2 fully saturated rings. The van der Waals surface area contributed by atoms with Gasteiger partial charge in [-0.1, -0.05) is 13.8 Å². The minimum Gasteiger partial charge on any atom is -0.465 e. The zero-order chi connectivity index (χ0) is 15.2. The van der Waals surface area contributed by atoms with Gasteiger partial charge in [0.15, 0.2) is 0 Å². The van der Waals surface area contributed by atoms with Crippen LogP contribution in [-0.4, -0.2) is 37.4 Å². The molecule has 2 rings (SSSR count). The van der Waals surface area contributed by atoms with E-state index in [1.807, 2.05) is 6.92 Å². The molecule has 2 aliphatic carbocycles. The molecule has 1 N–H and O–H groups in total. The highest BCUT2D eigenvalue weighted by Gasteiger charge is 2.30. The predicted octanol–water partition coefficient (Wildman–Crippen LogP) is 2.90. The van der Waals surface area contributed by atoms with Crippen LogP contribution in [0.2, 0.25) is 0 Å². The fourth-order valence-electron chi connectivity index (χ4n) is 3.05. The minimum atomic E-state index is -0.197. The van der Waals surface area contributed by atoms with Gasteiger partial charge in [0.1, 0.15) is 6.04 Å². The maximum absolute atomic E-state index is 11.9. The summed E-state index contributed by atoms with van der Waals surface area (Å²) in [5.74, 6) is 1.43. The standard InChI is InChI=1S/C17H31NO3/c1-4-20-17(19)16(18-14-6-7-14)9-10-21-15-8-5-12(2)13(3)11-15/h12-16,18H,4-11H2,1-3H3. The van der Waals surface area contributed by atoms with Gasteiger partial charge in [0, 0.05) is 12.6 Å². The fourth-order valence-corrected chi connectivity index (χ4v) is 3.05. The Morgan fingerprint density at radius 1 is 1.19 bits per heavy atom. The van der Waals surface area contributed by atoms with E-state index < -0.39 is 0 Å². The summed E-state index contributed by atoms with van der Waals surface area (Å²) in [6, 6.07) is 0.312. The molecular weight excluding hydrogens is 266 g/mol. The van der Waals surface area contributed by atoms with E-state index in [1.54, 1.807) is 0 Å². The maximum Gasteiger partial charge on any atom is 0.323 e. The number of esters is 1. The zero-order valence-electron chi connectivity index (χ0n) is 13.8. The Balaban J connectivity index is 1.69. The molecule has 4 atom stereocenters. The van der Waals surface area contributed by atoms with Crippen LogP contribution in [0.1, 0.15) is 59.3 Å². The number of ether oxygens (including phenoxy) is 2. The number of nitrogens with one attached hydrogen (secondary N) is 1. The van der Waals surface area contributed by atoms with Gasteiger partial charge < -0.3 is 14.8 Å². The second-order valence-electron chi connectivity index (χ2n) is 6.79. The molecule has 2 aliphatic rings. The average Bonchev–Trinajstić information content (AvgIpc) is 3.26. The van der Waals surface area contributed by atoms with Gasteiger partial charge in [-0.15, -0.1) is 0 Å². The van der Waals surface area contributed by atoms with Crippen molar-refractivity contribution in [3.63, 3.8) is 0 Å². The van der Waals surface area contributed by atoms with Crippen molar-refractivity contribution in [2.45, 2.75) is 77.5 Å². The van der Waals surface area contributed by atoms with Crippen LogP contribution in [0.15, 0.2) is 0 Å². The van der Waals surface area contributed by atoms with Gasteiger partial charge >= 0.3 is 5.97 Å². The molecule has 0 bridgehead atoms. The molecule has 21 heavy (non-hydrogen) atoms. The van der Waals surface area contributed by atoms with E-state index in [2.05, 4.69) is 19.2 Å². The third-order valence-electron chi connectivity index (χ3n) is 4.90. The molecule has 0 radical (unpaired) electrons. The fraction of sp³-hybridized carbons (Fsp3) is 0.941. The Morgan fingerprint density at radius 3 is 2.57 bits per heavy atom. The number of carbonyl (C=O) groups excluding carboxylic acids is 1. The lowest BCUT2D eigenvalue weighted by atomic mass is 9.80. The molecule has 4 nitrogen and oxygen atoms in total. The van der Waals surface area contributed by atoms with Gasteiger partial charge in [0.2, 0.25) is 0 Å². The van der Waals surface area contributed by atoms with E-state index in [-0.39, 0.29) is 12.0 Å². The van der Waals surface area contributed by atoms with Gasteiger partial charge in [0.25, 0.3) is 0 Å². The molecule has 0 aromatic carbocycles. The summed E-state index contributed by atoms with van der Waals surface area (Å²) in [7, 11) is 0. The first-order chi connectivity index (χ1) is 10.1. The molecule has 4 unspecified atom stereocenters. The van der Waals surface area contributed by atoms with Crippen molar-refractivity contribution in [2.75, 3.05) is 13.2 Å². The topological polar surface area (TPSA) is 47.6 Å². The molecule has 0 aromatic rings. The van der Waals surface area contributed by atoms with E-state index >= 15 is 0 Å². The van der Waals surface area contributed by atoms with Gasteiger partial charge in [-0.25, -0.2) is 0 Å². The molecule has 4 heteroatoms. The predicted molar refractivity (Wildman–Crippen MR) is 83.1 cm³/mol. The van der Waals surface area contributed by atoms with Crippen LogP contribution in [0, 0.1) is 11.8 Å². The van der Waals surface area contributed by atoms with Crippen LogP contribution in [0.4, 0.5) is 0 Å². The minimum absolute atomic E-state index is 0.126. The number of rotatable bonds is 8. The lowest BCUT2D eigenvalue weighted by Crippen LogP contribution is -2.40. The molecule has 0 spiro atoms. The van der Waals surface area contributed by atoms with Gasteiger partial charge in [-0.05, 0) is 57.3 Å². The van der Waals surface area contributed by atoms with Crippen molar-refractivity contribution in [3.8, 4) is 0 Å². The van der Waals surface area contributed by atoms with E-state index in [0.29, 0.717) is 25.4 Å². The average molecular weight is 297 g/mol. The second kappa shape index (κ2) is 8.14. The van der Waals surface area contributed by atoms with Crippen molar-refractivity contribution in [1.29, 1.82) is 0 Å². The van der Waals surface area contributed by atoms with Gasteiger partial charge in [-0.2, -0.15) is 0 Å². The summed E-state index contributed by atoms with van der Waals surface area (Å²) in [5.41, 5.74) is 0. The maximum atomic E-state index is 11.9. The largest absolute Gasteiger partial charge is 0.465 e. The Bertz CT molecular complexity index is 330. The van der Waals surface area contributed by atoms with Crippen LogP contribution >= 0.6 is 0 Å². The number of hydrogen-bond acceptors (Lipinski definition) is 4. The van der Waals surface area contributed by atoms with Crippen LogP contribution < -0.4 is 5.32 Å². The Hall–Kier alpha value is -0.610. The molecule has 0 saturated heterocycles. The van der Waals surface area contributed by atoms with Crippen LogP contribution in [-0.2, 0) is 14.3 Å². The van der Waals surface area contributed by atoms with Crippen molar-refractivity contribution >= 4 is 5.97 Å². The summed E-state index contributed by atoms with van der Waals surface area (Å²) in [6.07, 6.45) is 7.01. The van der Waals surface area contributed by atoms with E-state index in [0.717, 1.165) is 31.1 Å². The van der Waals surface area contributed by atoms with Crippen LogP contribution in [0.25, 0.3) is 0 Å². The third kappa shape index (κ3) is 5.59. The summed E-state index contributed by atoms with van der Waals surface area (Å²) >= 11 is 0. The first-order valence-electron chi connectivity index (χ1n) is 8.64. The van der Waals surface area contributed by atoms with Crippen molar-refractivity contribution in [2.24, 2.45) is 11.8 Å². The second-order valence-corrected chi connectivity index (χ2v) is 6.79. The molecular formula is C17H31NO3. The van der Waals surface area contributed by atoms with Gasteiger partial charge in [0.05, 0.1) is 12.7 Å². The van der Waals surface area contributed by atoms with E-state index in [1.165, 1.54) is 19.3 Å². The van der Waals surface area contributed by atoms with Crippen LogP contribution in [0.5, 0.6) is 0 Å². The first kappa shape index (κ1) is 16.8. The van der Waals surface area contributed by atoms with Crippen molar-refractivity contribution in [3.05, 3.63) is 0 Å². The lowest BCUT2D eigenvalue weighted by Gasteiger charge is -2.32. The number of hydrogen-bond donors (Lipinski definition) is 1. The lowest BCUT2D eigenvalue weighted by molar-refractivity contribution is -0.146. The highest BCUT2D eigenvalue weighted by molar-refractivity contribution is 5.75. The Kier molecular flexibility index (Phi) is 6.49. The zero-order valence-corrected chi connectivity index (χ0v) is 13.8. The summed E-state index contributed by atoms with van der Waals surface area (Å²) in [6.45, 7) is 7.59. The Morgan fingerprint density at radius 2 is 1.95 bits per heavy atom. The van der Waals surface area contributed by atoms with Crippen LogP contribution in [0.3, 0.4) is 0 Å². The molecule has 0 amide bonds. The highest BCUT2D eigenvalue weighted by Crippen LogP contribution is 2.31. The quantitative estimate of drug-likeness (QED) is 0.700. The molecule has 2 saturated carbocycles. The molecule has 0 heterocycles. The highest BCUT2D eigenvalue weighted by atomic mass is 16.5. The normalized spacial score (nSPS) is 30.9. The van der Waals surface area contributed by atoms with E-state index in [9.17, 15) is 4.79 Å². The van der Waals surface area contributed by atoms with Gasteiger partial charge in [-0.3, -0.25) is 4.79 Å².